The van der Waals surface area contributed by atoms with Gasteiger partial charge in [0, 0.05) is 12.6 Å². The van der Waals surface area contributed by atoms with Crippen LogP contribution in [0.2, 0.25) is 0 Å². The quantitative estimate of drug-likeness (QED) is 0.669. The molecule has 0 aromatic heterocycles. The zero-order chi connectivity index (χ0) is 19.1. The van der Waals surface area contributed by atoms with Crippen molar-refractivity contribution >= 4 is 17.8 Å². The number of carboxylic acid groups (broad SMARTS) is 1. The third-order valence-electron chi connectivity index (χ3n) is 4.77. The molecule has 2 atom stereocenters. The first-order chi connectivity index (χ1) is 11.6. The second-order valence-corrected chi connectivity index (χ2v) is 7.10. The highest BCUT2D eigenvalue weighted by Crippen LogP contribution is 2.15. The van der Waals surface area contributed by atoms with Crippen molar-refractivity contribution in [2.75, 3.05) is 27.2 Å². The number of rotatable bonds is 7. The van der Waals surface area contributed by atoms with Crippen molar-refractivity contribution in [2.45, 2.75) is 52.1 Å². The summed E-state index contributed by atoms with van der Waals surface area (Å²) >= 11 is 0. The zero-order valence-electron chi connectivity index (χ0n) is 15.9. The summed E-state index contributed by atoms with van der Waals surface area (Å²) in [5, 5.41) is 11.8. The first-order valence-electron chi connectivity index (χ1n) is 8.80. The Morgan fingerprint density at radius 1 is 1.32 bits per heavy atom. The van der Waals surface area contributed by atoms with Crippen molar-refractivity contribution in [3.8, 4) is 0 Å². The van der Waals surface area contributed by atoms with Gasteiger partial charge >= 0.3 is 5.97 Å². The summed E-state index contributed by atoms with van der Waals surface area (Å²) in [5.41, 5.74) is 0.200. The maximum absolute atomic E-state index is 12.4. The number of piperidine rings is 1. The van der Waals surface area contributed by atoms with E-state index in [1.165, 1.54) is 11.8 Å². The maximum Gasteiger partial charge on any atom is 0.331 e. The molecule has 1 unspecified atom stereocenters. The largest absolute Gasteiger partial charge is 0.478 e. The second kappa shape index (κ2) is 9.56. The van der Waals surface area contributed by atoms with Crippen LogP contribution in [0.15, 0.2) is 11.6 Å². The average molecular weight is 353 g/mol. The van der Waals surface area contributed by atoms with Crippen LogP contribution in [0.5, 0.6) is 0 Å². The number of amides is 2. The number of hydrogen-bond acceptors (Lipinski definition) is 4. The van der Waals surface area contributed by atoms with Crippen molar-refractivity contribution in [3.63, 3.8) is 0 Å². The van der Waals surface area contributed by atoms with Crippen LogP contribution in [0, 0.1) is 5.92 Å². The van der Waals surface area contributed by atoms with Crippen molar-refractivity contribution in [1.29, 1.82) is 0 Å². The van der Waals surface area contributed by atoms with E-state index in [4.69, 9.17) is 5.11 Å². The van der Waals surface area contributed by atoms with Gasteiger partial charge in [0.25, 0.3) is 0 Å². The monoisotopic (exact) mass is 353 g/mol. The molecule has 7 heteroatoms. The van der Waals surface area contributed by atoms with Gasteiger partial charge in [0.1, 0.15) is 0 Å². The van der Waals surface area contributed by atoms with E-state index in [0.29, 0.717) is 0 Å². The molecule has 0 saturated carbocycles. The SMILES string of the molecule is C/C(=C\[C@H](C(C)C)N(C)C(=O)CNC(=O)C1CCCCN1C)C(=O)O. The van der Waals surface area contributed by atoms with Gasteiger partial charge < -0.3 is 15.3 Å². The Bertz CT molecular complexity index is 530. The van der Waals surface area contributed by atoms with Gasteiger partial charge in [-0.2, -0.15) is 0 Å². The molecule has 7 nitrogen and oxygen atoms in total. The molecule has 0 bridgehead atoms. The van der Waals surface area contributed by atoms with Crippen molar-refractivity contribution in [2.24, 2.45) is 5.92 Å². The molecule has 0 radical (unpaired) electrons. The molecule has 1 aliphatic rings. The third-order valence-corrected chi connectivity index (χ3v) is 4.77. The standard InChI is InChI=1S/C18H31N3O4/c1-12(2)15(10-13(3)18(24)25)21(5)16(22)11-19-17(23)14-8-6-7-9-20(14)4/h10,12,14-15H,6-9,11H2,1-5H3,(H,19,23)(H,24,25)/b13-10+/t14?,15-/m1/s1. The van der Waals surface area contributed by atoms with Crippen LogP contribution >= 0.6 is 0 Å². The van der Waals surface area contributed by atoms with Crippen LogP contribution in [0.25, 0.3) is 0 Å². The van der Waals surface area contributed by atoms with Crippen molar-refractivity contribution in [3.05, 3.63) is 11.6 Å². The minimum absolute atomic E-state index is 0.0587. The maximum atomic E-state index is 12.4. The van der Waals surface area contributed by atoms with Gasteiger partial charge in [-0.3, -0.25) is 14.5 Å². The predicted molar refractivity (Wildman–Crippen MR) is 96.1 cm³/mol. The second-order valence-electron chi connectivity index (χ2n) is 7.10. The average Bonchev–Trinajstić information content (AvgIpc) is 2.56. The number of carbonyl (C=O) groups is 3. The Labute approximate surface area is 150 Å². The number of aliphatic carboxylic acids is 1. The predicted octanol–water partition coefficient (Wildman–Crippen LogP) is 1.10. The lowest BCUT2D eigenvalue weighted by Crippen LogP contribution is -2.51. The zero-order valence-corrected chi connectivity index (χ0v) is 15.9. The highest BCUT2D eigenvalue weighted by Gasteiger charge is 2.27. The molecular weight excluding hydrogens is 322 g/mol. The van der Waals surface area contributed by atoms with Gasteiger partial charge in [0.15, 0.2) is 0 Å². The number of nitrogens with zero attached hydrogens (tertiary/aromatic N) is 2. The lowest BCUT2D eigenvalue weighted by atomic mass is 10.00. The molecule has 142 valence electrons. The molecule has 2 amide bonds. The Morgan fingerprint density at radius 3 is 2.48 bits per heavy atom. The number of likely N-dealkylation sites (N-methyl/N-ethyl adjacent to an activating group) is 2. The van der Waals surface area contributed by atoms with E-state index in [1.807, 2.05) is 25.8 Å². The van der Waals surface area contributed by atoms with Crippen LogP contribution in [0.4, 0.5) is 0 Å². The lowest BCUT2D eigenvalue weighted by Gasteiger charge is -2.32. The topological polar surface area (TPSA) is 90.0 Å². The summed E-state index contributed by atoms with van der Waals surface area (Å²) < 4.78 is 0. The molecule has 1 fully saturated rings. The van der Waals surface area contributed by atoms with E-state index in [1.54, 1.807) is 13.1 Å². The van der Waals surface area contributed by atoms with Gasteiger partial charge in [-0.05, 0) is 39.3 Å². The number of likely N-dealkylation sites (tertiary alicyclic amines) is 1. The molecule has 1 heterocycles. The first-order valence-corrected chi connectivity index (χ1v) is 8.80. The molecule has 1 rings (SSSR count). The molecule has 25 heavy (non-hydrogen) atoms. The summed E-state index contributed by atoms with van der Waals surface area (Å²) in [6, 6.07) is -0.514. The minimum atomic E-state index is -1.000. The minimum Gasteiger partial charge on any atom is -0.478 e. The number of hydrogen-bond donors (Lipinski definition) is 2. The Hall–Kier alpha value is -1.89. The fraction of sp³-hybridized carbons (Fsp3) is 0.722. The molecule has 1 aliphatic heterocycles. The molecule has 0 aliphatic carbocycles. The highest BCUT2D eigenvalue weighted by molar-refractivity contribution is 5.88. The lowest BCUT2D eigenvalue weighted by molar-refractivity contribution is -0.135. The molecule has 1 saturated heterocycles. The van der Waals surface area contributed by atoms with Gasteiger partial charge in [0.2, 0.25) is 11.8 Å². The first kappa shape index (κ1) is 21.2. The Balaban J connectivity index is 2.66. The van der Waals surface area contributed by atoms with E-state index in [-0.39, 0.29) is 41.9 Å². The Morgan fingerprint density at radius 2 is 1.96 bits per heavy atom. The summed E-state index contributed by atoms with van der Waals surface area (Å²) in [4.78, 5) is 39.3. The number of carboxylic acids is 1. The highest BCUT2D eigenvalue weighted by atomic mass is 16.4. The van der Waals surface area contributed by atoms with E-state index in [0.717, 1.165) is 25.8 Å². The number of carbonyl (C=O) groups excluding carboxylic acids is 2. The van der Waals surface area contributed by atoms with Crippen LogP contribution in [-0.2, 0) is 14.4 Å². The fourth-order valence-corrected chi connectivity index (χ4v) is 3.06. The smallest absolute Gasteiger partial charge is 0.331 e. The van der Waals surface area contributed by atoms with Crippen LogP contribution in [0.3, 0.4) is 0 Å². The summed E-state index contributed by atoms with van der Waals surface area (Å²) in [6.45, 7) is 6.17. The van der Waals surface area contributed by atoms with Gasteiger partial charge in [0.05, 0.1) is 18.6 Å². The van der Waals surface area contributed by atoms with E-state index in [2.05, 4.69) is 5.32 Å². The Kier molecular flexibility index (Phi) is 8.09. The molecule has 2 N–H and O–H groups in total. The normalized spacial score (nSPS) is 20.2. The van der Waals surface area contributed by atoms with Crippen molar-refractivity contribution < 1.29 is 19.5 Å². The van der Waals surface area contributed by atoms with Gasteiger partial charge in [-0.15, -0.1) is 0 Å². The molecular formula is C18H31N3O4. The van der Waals surface area contributed by atoms with E-state index < -0.39 is 5.97 Å². The summed E-state index contributed by atoms with van der Waals surface area (Å²) in [6.07, 6.45) is 4.50. The molecule has 0 aromatic rings. The summed E-state index contributed by atoms with van der Waals surface area (Å²) in [7, 11) is 3.56. The van der Waals surface area contributed by atoms with Crippen molar-refractivity contribution in [1.82, 2.24) is 15.1 Å². The molecule has 0 spiro atoms. The van der Waals surface area contributed by atoms with E-state index >= 15 is 0 Å². The third kappa shape index (κ3) is 6.16. The van der Waals surface area contributed by atoms with Gasteiger partial charge in [-0.1, -0.05) is 26.3 Å². The number of nitrogens with one attached hydrogen (secondary N) is 1. The van der Waals surface area contributed by atoms with Crippen LogP contribution < -0.4 is 5.32 Å². The van der Waals surface area contributed by atoms with Gasteiger partial charge in [-0.25, -0.2) is 4.79 Å². The van der Waals surface area contributed by atoms with Crippen LogP contribution in [-0.4, -0.2) is 72.0 Å². The summed E-state index contributed by atoms with van der Waals surface area (Å²) in [5.74, 6) is -1.30. The molecule has 0 aromatic carbocycles. The van der Waals surface area contributed by atoms with Crippen LogP contribution in [0.1, 0.15) is 40.0 Å². The van der Waals surface area contributed by atoms with E-state index in [9.17, 15) is 14.4 Å². The fourth-order valence-electron chi connectivity index (χ4n) is 3.06.